The van der Waals surface area contributed by atoms with Crippen molar-refractivity contribution in [2.75, 3.05) is 0 Å². The third kappa shape index (κ3) is 2.87. The van der Waals surface area contributed by atoms with Crippen LogP contribution in [0.5, 0.6) is 0 Å². The minimum absolute atomic E-state index is 1.21. The van der Waals surface area contributed by atoms with Crippen LogP contribution in [0.15, 0.2) is 12.1 Å². The van der Waals surface area contributed by atoms with Gasteiger partial charge in [0, 0.05) is 0 Å². The molecule has 0 spiro atoms. The van der Waals surface area contributed by atoms with Gasteiger partial charge in [0.15, 0.2) is 0 Å². The van der Waals surface area contributed by atoms with Crippen molar-refractivity contribution in [1.82, 2.24) is 0 Å². The molecule has 0 saturated carbocycles. The highest BCUT2D eigenvalue weighted by molar-refractivity contribution is 5.41. The standard InChI is InChI=1S/C14H21/c1-5-6-7-8-14-12(3)9-11(2)10-13(14)4/h8-10H,5-7H2,1-4H3. The van der Waals surface area contributed by atoms with E-state index < -0.39 is 0 Å². The molecule has 1 rings (SSSR count). The molecule has 0 aliphatic carbocycles. The molecule has 1 aromatic rings. The van der Waals surface area contributed by atoms with Crippen LogP contribution < -0.4 is 0 Å². The predicted molar refractivity (Wildman–Crippen MR) is 63.6 cm³/mol. The van der Waals surface area contributed by atoms with Crippen LogP contribution in [0.3, 0.4) is 0 Å². The molecule has 1 radical (unpaired) electrons. The Morgan fingerprint density at radius 1 is 1.07 bits per heavy atom. The van der Waals surface area contributed by atoms with E-state index in [1.807, 2.05) is 0 Å². The zero-order valence-electron chi connectivity index (χ0n) is 9.85. The number of rotatable bonds is 4. The third-order valence-electron chi connectivity index (χ3n) is 2.64. The van der Waals surface area contributed by atoms with E-state index in [4.69, 9.17) is 0 Å². The first kappa shape index (κ1) is 11.3. The molecule has 0 aliphatic rings. The Hall–Kier alpha value is -0.780. The van der Waals surface area contributed by atoms with E-state index in [-0.39, 0.29) is 0 Å². The first-order valence-corrected chi connectivity index (χ1v) is 5.56. The maximum Gasteiger partial charge on any atom is -0.00876 e. The van der Waals surface area contributed by atoms with E-state index in [1.165, 1.54) is 41.5 Å². The summed E-state index contributed by atoms with van der Waals surface area (Å²) in [4.78, 5) is 0. The molecule has 0 atom stereocenters. The lowest BCUT2D eigenvalue weighted by Crippen LogP contribution is -1.93. The molecular weight excluding hydrogens is 168 g/mol. The van der Waals surface area contributed by atoms with Crippen LogP contribution in [-0.2, 0) is 0 Å². The molecule has 0 amide bonds. The molecule has 0 N–H and O–H groups in total. The molecule has 0 aromatic heterocycles. The minimum Gasteiger partial charge on any atom is -0.0654 e. The van der Waals surface area contributed by atoms with E-state index in [0.717, 1.165) is 0 Å². The monoisotopic (exact) mass is 189 g/mol. The van der Waals surface area contributed by atoms with Gasteiger partial charge in [0.25, 0.3) is 0 Å². The largest absolute Gasteiger partial charge is 0.0654 e. The van der Waals surface area contributed by atoms with Crippen molar-refractivity contribution >= 4 is 0 Å². The molecule has 77 valence electrons. The summed E-state index contributed by atoms with van der Waals surface area (Å²) in [6, 6.07) is 4.54. The zero-order chi connectivity index (χ0) is 10.6. The molecule has 0 bridgehead atoms. The molecular formula is C14H21. The lowest BCUT2D eigenvalue weighted by Gasteiger charge is -2.10. The average Bonchev–Trinajstić information content (AvgIpc) is 2.09. The van der Waals surface area contributed by atoms with Crippen molar-refractivity contribution in [3.05, 3.63) is 40.8 Å². The van der Waals surface area contributed by atoms with Crippen molar-refractivity contribution < 1.29 is 0 Å². The Morgan fingerprint density at radius 2 is 1.64 bits per heavy atom. The number of aryl methyl sites for hydroxylation is 3. The van der Waals surface area contributed by atoms with Crippen molar-refractivity contribution in [3.63, 3.8) is 0 Å². The molecule has 0 fully saturated rings. The summed E-state index contributed by atoms with van der Waals surface area (Å²) < 4.78 is 0. The van der Waals surface area contributed by atoms with E-state index in [9.17, 15) is 0 Å². The lowest BCUT2D eigenvalue weighted by atomic mass is 9.95. The Labute approximate surface area is 88.4 Å². The first-order chi connectivity index (χ1) is 6.65. The Balaban J connectivity index is 2.75. The highest BCUT2D eigenvalue weighted by Crippen LogP contribution is 2.20. The Kier molecular flexibility index (Phi) is 4.19. The van der Waals surface area contributed by atoms with E-state index in [1.54, 1.807) is 0 Å². The van der Waals surface area contributed by atoms with E-state index >= 15 is 0 Å². The molecule has 0 heterocycles. The van der Waals surface area contributed by atoms with E-state index in [0.29, 0.717) is 0 Å². The summed E-state index contributed by atoms with van der Waals surface area (Å²) in [6.45, 7) is 8.81. The van der Waals surface area contributed by atoms with Crippen molar-refractivity contribution in [3.8, 4) is 0 Å². The van der Waals surface area contributed by atoms with Crippen LogP contribution >= 0.6 is 0 Å². The summed E-state index contributed by atoms with van der Waals surface area (Å²) in [5, 5.41) is 0. The Bertz CT molecular complexity index is 274. The molecule has 0 aliphatic heterocycles. The van der Waals surface area contributed by atoms with E-state index in [2.05, 4.69) is 46.2 Å². The fraction of sp³-hybridized carbons (Fsp3) is 0.500. The molecule has 0 nitrogen and oxygen atoms in total. The minimum atomic E-state index is 1.21. The summed E-state index contributed by atoms with van der Waals surface area (Å²) >= 11 is 0. The van der Waals surface area contributed by atoms with Crippen LogP contribution in [0.1, 0.15) is 48.4 Å². The molecule has 14 heavy (non-hydrogen) atoms. The van der Waals surface area contributed by atoms with Crippen LogP contribution in [-0.4, -0.2) is 0 Å². The fourth-order valence-corrected chi connectivity index (χ4v) is 1.96. The summed E-state index contributed by atoms with van der Waals surface area (Å²) in [6.07, 6.45) is 6.17. The Morgan fingerprint density at radius 3 is 2.14 bits per heavy atom. The summed E-state index contributed by atoms with van der Waals surface area (Å²) in [7, 11) is 0. The van der Waals surface area contributed by atoms with Crippen LogP contribution in [0, 0.1) is 27.2 Å². The summed E-state index contributed by atoms with van der Waals surface area (Å²) in [5.41, 5.74) is 5.65. The smallest absolute Gasteiger partial charge is 0.00876 e. The van der Waals surface area contributed by atoms with Crippen molar-refractivity contribution in [2.45, 2.75) is 47.0 Å². The molecule has 1 aromatic carbocycles. The number of hydrogen-bond acceptors (Lipinski definition) is 0. The number of benzene rings is 1. The maximum atomic E-state index is 2.38. The highest BCUT2D eigenvalue weighted by atomic mass is 14.1. The maximum absolute atomic E-state index is 2.38. The number of hydrogen-bond donors (Lipinski definition) is 0. The average molecular weight is 189 g/mol. The van der Waals surface area contributed by atoms with Gasteiger partial charge in [0.05, 0.1) is 0 Å². The highest BCUT2D eigenvalue weighted by Gasteiger charge is 2.03. The molecule has 0 saturated heterocycles. The topological polar surface area (TPSA) is 0 Å². The summed E-state index contributed by atoms with van der Waals surface area (Å²) in [5.74, 6) is 0. The second-order valence-corrected chi connectivity index (χ2v) is 4.16. The molecule has 0 unspecified atom stereocenters. The number of unbranched alkanes of at least 4 members (excludes halogenated alkanes) is 2. The quantitative estimate of drug-likeness (QED) is 0.617. The van der Waals surface area contributed by atoms with Gasteiger partial charge in [-0.3, -0.25) is 0 Å². The van der Waals surface area contributed by atoms with Gasteiger partial charge in [-0.05, 0) is 50.3 Å². The first-order valence-electron chi connectivity index (χ1n) is 5.56. The predicted octanol–water partition coefficient (Wildman–Crippen LogP) is 4.35. The second-order valence-electron chi connectivity index (χ2n) is 4.16. The fourth-order valence-electron chi connectivity index (χ4n) is 1.96. The van der Waals surface area contributed by atoms with Crippen molar-refractivity contribution in [2.24, 2.45) is 0 Å². The SMILES string of the molecule is CCCC[CH]c1c(C)cc(C)cc1C. The van der Waals surface area contributed by atoms with Crippen LogP contribution in [0.25, 0.3) is 0 Å². The van der Waals surface area contributed by atoms with Crippen LogP contribution in [0.4, 0.5) is 0 Å². The lowest BCUT2D eigenvalue weighted by molar-refractivity contribution is 0.789. The van der Waals surface area contributed by atoms with Gasteiger partial charge >= 0.3 is 0 Å². The van der Waals surface area contributed by atoms with Gasteiger partial charge in [-0.25, -0.2) is 0 Å². The van der Waals surface area contributed by atoms with Gasteiger partial charge in [0.2, 0.25) is 0 Å². The van der Waals surface area contributed by atoms with Gasteiger partial charge in [-0.15, -0.1) is 0 Å². The third-order valence-corrected chi connectivity index (χ3v) is 2.64. The molecule has 0 heteroatoms. The van der Waals surface area contributed by atoms with Gasteiger partial charge < -0.3 is 0 Å². The van der Waals surface area contributed by atoms with Gasteiger partial charge in [0.1, 0.15) is 0 Å². The van der Waals surface area contributed by atoms with Crippen molar-refractivity contribution in [1.29, 1.82) is 0 Å². The van der Waals surface area contributed by atoms with Crippen LogP contribution in [0.2, 0.25) is 0 Å². The normalized spacial score (nSPS) is 10.6. The second kappa shape index (κ2) is 5.19. The zero-order valence-corrected chi connectivity index (χ0v) is 9.85. The van der Waals surface area contributed by atoms with Gasteiger partial charge in [-0.1, -0.05) is 37.5 Å². The van der Waals surface area contributed by atoms with Gasteiger partial charge in [-0.2, -0.15) is 0 Å².